The van der Waals surface area contributed by atoms with Crippen molar-refractivity contribution in [3.05, 3.63) is 46.4 Å². The van der Waals surface area contributed by atoms with Crippen molar-refractivity contribution in [1.82, 2.24) is 4.98 Å². The van der Waals surface area contributed by atoms with Crippen LogP contribution in [0.1, 0.15) is 10.6 Å². The number of halogens is 1. The summed E-state index contributed by atoms with van der Waals surface area (Å²) in [4.78, 5) is 4.04. The number of hydrogen-bond donors (Lipinski definition) is 0. The maximum Gasteiger partial charge on any atom is 0.119 e. The minimum Gasteiger partial charge on any atom is -0.493 e. The number of thiazole rings is 1. The summed E-state index contributed by atoms with van der Waals surface area (Å²) in [7, 11) is 0. The van der Waals surface area contributed by atoms with Gasteiger partial charge in [0.15, 0.2) is 0 Å². The molecule has 0 aliphatic carbocycles. The number of ether oxygens (including phenoxy) is 1. The lowest BCUT2D eigenvalue weighted by Gasteiger charge is -2.04. The maximum atomic E-state index is 12.2. The first-order chi connectivity index (χ1) is 7.88. The van der Waals surface area contributed by atoms with E-state index in [1.807, 2.05) is 5.38 Å². The van der Waals surface area contributed by atoms with Crippen LogP contribution < -0.4 is 4.74 Å². The second kappa shape index (κ2) is 5.61. The normalized spacial score (nSPS) is 10.3. The van der Waals surface area contributed by atoms with E-state index in [-0.39, 0.29) is 0 Å². The average molecular weight is 236 g/mol. The van der Waals surface area contributed by atoms with Crippen molar-refractivity contribution >= 4 is 11.3 Å². The Kier molecular flexibility index (Phi) is 3.88. The molecule has 2 aromatic rings. The molecule has 0 amide bonds. The fourth-order valence-electron chi connectivity index (χ4n) is 1.26. The van der Waals surface area contributed by atoms with Gasteiger partial charge in [-0.05, 0) is 17.7 Å². The van der Waals surface area contributed by atoms with Crippen LogP contribution in [0, 0.1) is 6.20 Å². The zero-order valence-electron chi connectivity index (χ0n) is 8.65. The van der Waals surface area contributed by atoms with Gasteiger partial charge in [0.2, 0.25) is 0 Å². The molecule has 83 valence electrons. The lowest BCUT2D eigenvalue weighted by molar-refractivity contribution is 0.321. The van der Waals surface area contributed by atoms with Gasteiger partial charge in [-0.15, -0.1) is 11.3 Å². The van der Waals surface area contributed by atoms with Crippen molar-refractivity contribution in [3.8, 4) is 5.75 Å². The molecule has 0 aliphatic rings. The summed E-state index contributed by atoms with van der Waals surface area (Å²) in [6.45, 7) is 0.144. The molecule has 0 unspecified atom stereocenters. The minimum absolute atomic E-state index is 0.435. The van der Waals surface area contributed by atoms with E-state index in [1.54, 1.807) is 35.6 Å². The van der Waals surface area contributed by atoms with Crippen LogP contribution in [0.5, 0.6) is 5.75 Å². The zero-order valence-corrected chi connectivity index (χ0v) is 9.47. The molecule has 0 aliphatic heterocycles. The molecule has 1 radical (unpaired) electrons. The van der Waals surface area contributed by atoms with Crippen molar-refractivity contribution in [2.24, 2.45) is 0 Å². The van der Waals surface area contributed by atoms with Crippen LogP contribution in [-0.2, 0) is 13.1 Å². The van der Waals surface area contributed by atoms with Crippen molar-refractivity contribution in [2.45, 2.75) is 13.1 Å². The van der Waals surface area contributed by atoms with Gasteiger partial charge in [0, 0.05) is 11.8 Å². The van der Waals surface area contributed by atoms with Gasteiger partial charge < -0.3 is 4.74 Å². The van der Waals surface area contributed by atoms with E-state index in [0.29, 0.717) is 12.2 Å². The minimum atomic E-state index is -0.435. The summed E-state index contributed by atoms with van der Waals surface area (Å²) in [5.74, 6) is 0.762. The van der Waals surface area contributed by atoms with Gasteiger partial charge in [-0.1, -0.05) is 12.1 Å². The topological polar surface area (TPSA) is 22.1 Å². The van der Waals surface area contributed by atoms with Crippen LogP contribution in [-0.4, -0.2) is 11.6 Å². The Hall–Kier alpha value is -1.42. The summed E-state index contributed by atoms with van der Waals surface area (Å²) < 4.78 is 17.8. The molecule has 0 atom stereocenters. The van der Waals surface area contributed by atoms with Crippen LogP contribution in [0.25, 0.3) is 0 Å². The van der Waals surface area contributed by atoms with Gasteiger partial charge in [-0.2, -0.15) is 0 Å². The molecule has 2 nitrogen and oxygen atoms in total. The summed E-state index contributed by atoms with van der Waals surface area (Å²) in [6, 6.07) is 7.02. The highest BCUT2D eigenvalue weighted by atomic mass is 32.1. The quantitative estimate of drug-likeness (QED) is 0.796. The Morgan fingerprint density at radius 1 is 1.31 bits per heavy atom. The van der Waals surface area contributed by atoms with Crippen LogP contribution >= 0.6 is 11.3 Å². The highest BCUT2D eigenvalue weighted by molar-refractivity contribution is 7.09. The Morgan fingerprint density at radius 2 is 2.12 bits per heavy atom. The van der Waals surface area contributed by atoms with Gasteiger partial charge in [0.25, 0.3) is 0 Å². The number of benzene rings is 1. The molecule has 0 fully saturated rings. The number of hydrogen-bond acceptors (Lipinski definition) is 3. The fraction of sp³-hybridized carbons (Fsp3) is 0.250. The largest absolute Gasteiger partial charge is 0.493 e. The third-order valence-electron chi connectivity index (χ3n) is 2.10. The first-order valence-corrected chi connectivity index (χ1v) is 5.84. The van der Waals surface area contributed by atoms with E-state index < -0.39 is 6.67 Å². The van der Waals surface area contributed by atoms with E-state index >= 15 is 0 Å². The first kappa shape index (κ1) is 11.1. The van der Waals surface area contributed by atoms with Gasteiger partial charge in [0.1, 0.15) is 18.6 Å². The summed E-state index contributed by atoms with van der Waals surface area (Å²) in [5.41, 5.74) is 0.668. The second-order valence-corrected chi connectivity index (χ2v) is 4.19. The molecule has 0 saturated carbocycles. The molecular weight excluding hydrogens is 225 g/mol. The molecule has 0 spiro atoms. The van der Waals surface area contributed by atoms with Crippen LogP contribution in [0.2, 0.25) is 0 Å². The monoisotopic (exact) mass is 236 g/mol. The lowest BCUT2D eigenvalue weighted by atomic mass is 10.2. The van der Waals surface area contributed by atoms with E-state index in [1.165, 1.54) is 0 Å². The molecule has 2 rings (SSSR count). The highest BCUT2D eigenvalue weighted by Gasteiger charge is 1.98. The average Bonchev–Trinajstić information content (AvgIpc) is 2.83. The number of alkyl halides is 1. The Morgan fingerprint density at radius 3 is 2.75 bits per heavy atom. The van der Waals surface area contributed by atoms with Gasteiger partial charge in [-0.25, -0.2) is 9.37 Å². The molecule has 1 heterocycles. The van der Waals surface area contributed by atoms with E-state index in [2.05, 4.69) is 11.2 Å². The Labute approximate surface area is 97.7 Å². The van der Waals surface area contributed by atoms with Crippen molar-refractivity contribution in [3.63, 3.8) is 0 Å². The fourth-order valence-corrected chi connectivity index (χ4v) is 1.81. The smallest absolute Gasteiger partial charge is 0.119 e. The van der Waals surface area contributed by atoms with Crippen molar-refractivity contribution < 1.29 is 9.13 Å². The predicted octanol–water partition coefficient (Wildman–Crippen LogP) is 3.03. The third kappa shape index (κ3) is 3.03. The Bertz CT molecular complexity index is 413. The molecule has 4 heteroatoms. The van der Waals surface area contributed by atoms with Crippen LogP contribution in [0.4, 0.5) is 4.39 Å². The predicted molar refractivity (Wildman–Crippen MR) is 61.4 cm³/mol. The number of rotatable bonds is 5. The number of aromatic nitrogens is 1. The summed E-state index contributed by atoms with van der Waals surface area (Å²) in [6.07, 6.45) is 3.54. The lowest BCUT2D eigenvalue weighted by Crippen LogP contribution is -2.00. The molecule has 16 heavy (non-hydrogen) atoms. The Balaban J connectivity index is 1.81. The van der Waals surface area contributed by atoms with E-state index in [9.17, 15) is 4.39 Å². The summed E-state index contributed by atoms with van der Waals surface area (Å²) >= 11 is 1.57. The second-order valence-electron chi connectivity index (χ2n) is 3.25. The van der Waals surface area contributed by atoms with E-state index in [0.717, 1.165) is 17.2 Å². The summed E-state index contributed by atoms with van der Waals surface area (Å²) in [5, 5.41) is 2.84. The van der Waals surface area contributed by atoms with Crippen molar-refractivity contribution in [2.75, 3.05) is 6.61 Å². The molecule has 0 bridgehead atoms. The van der Waals surface area contributed by atoms with Gasteiger partial charge in [-0.3, -0.25) is 0 Å². The molecule has 0 N–H and O–H groups in total. The van der Waals surface area contributed by atoms with Crippen LogP contribution in [0.3, 0.4) is 0 Å². The maximum absolute atomic E-state index is 12.2. The molecule has 1 aromatic carbocycles. The zero-order chi connectivity index (χ0) is 11.2. The van der Waals surface area contributed by atoms with Crippen molar-refractivity contribution in [1.29, 1.82) is 0 Å². The third-order valence-corrected chi connectivity index (χ3v) is 2.89. The van der Waals surface area contributed by atoms with Gasteiger partial charge >= 0.3 is 0 Å². The molecular formula is C12H11FNOS. The van der Waals surface area contributed by atoms with E-state index in [4.69, 9.17) is 4.74 Å². The van der Waals surface area contributed by atoms with Gasteiger partial charge in [0.05, 0.1) is 11.6 Å². The molecule has 0 saturated heterocycles. The first-order valence-electron chi connectivity index (χ1n) is 4.96. The highest BCUT2D eigenvalue weighted by Crippen LogP contribution is 2.13. The standard InChI is InChI=1S/C12H11FNOS/c13-9-10-1-3-11(4-2-10)15-7-5-12-14-6-8-16-12/h1-4,8H,5,7,9H2. The number of nitrogens with zero attached hydrogens (tertiary/aromatic N) is 1. The SMILES string of the molecule is FCc1ccc(OCCc2n[c]cs2)cc1. The van der Waals surface area contributed by atoms with Crippen LogP contribution in [0.15, 0.2) is 29.6 Å². The molecule has 1 aromatic heterocycles.